The van der Waals surface area contributed by atoms with E-state index in [4.69, 9.17) is 0 Å². The fourth-order valence-corrected chi connectivity index (χ4v) is 1.86. The number of ether oxygens (including phenoxy) is 1. The Morgan fingerprint density at radius 2 is 1.80 bits per heavy atom. The largest absolute Gasteiger partial charge is 0.469 e. The Hall–Kier alpha value is -1.59. The van der Waals surface area contributed by atoms with E-state index in [2.05, 4.69) is 15.4 Å². The molecule has 0 saturated heterocycles. The molecule has 0 aliphatic rings. The molecule has 0 rings (SSSR count). The van der Waals surface area contributed by atoms with Gasteiger partial charge in [-0.05, 0) is 26.2 Å². The first-order chi connectivity index (χ1) is 9.36. The second kappa shape index (κ2) is 10.2. The van der Waals surface area contributed by atoms with Crippen LogP contribution in [0.15, 0.2) is 0 Å². The molecule has 0 aliphatic heterocycles. The third kappa shape index (κ3) is 9.35. The maximum Gasteiger partial charge on any atom is 0.308 e. The lowest BCUT2D eigenvalue weighted by Crippen LogP contribution is -2.31. The van der Waals surface area contributed by atoms with E-state index in [1.165, 1.54) is 14.0 Å². The average Bonchev–Trinajstić information content (AvgIpc) is 2.36. The van der Waals surface area contributed by atoms with Gasteiger partial charge < -0.3 is 15.4 Å². The summed E-state index contributed by atoms with van der Waals surface area (Å²) in [7, 11) is 1.31. The first-order valence-electron chi connectivity index (χ1n) is 6.98. The summed E-state index contributed by atoms with van der Waals surface area (Å²) in [6.07, 6.45) is 2.81. The molecule has 2 amide bonds. The van der Waals surface area contributed by atoms with E-state index in [1.54, 1.807) is 6.92 Å². The maximum absolute atomic E-state index is 11.5. The second-order valence-corrected chi connectivity index (χ2v) is 5.08. The zero-order chi connectivity index (χ0) is 15.5. The first-order valence-corrected chi connectivity index (χ1v) is 6.98. The minimum Gasteiger partial charge on any atom is -0.469 e. The van der Waals surface area contributed by atoms with Gasteiger partial charge in [0.15, 0.2) is 0 Å². The van der Waals surface area contributed by atoms with Gasteiger partial charge in [-0.2, -0.15) is 0 Å². The van der Waals surface area contributed by atoms with E-state index in [0.29, 0.717) is 6.54 Å². The van der Waals surface area contributed by atoms with Crippen LogP contribution < -0.4 is 10.6 Å². The molecule has 0 aromatic rings. The van der Waals surface area contributed by atoms with Crippen LogP contribution in [0.1, 0.15) is 46.5 Å². The zero-order valence-electron chi connectivity index (χ0n) is 12.8. The highest BCUT2D eigenvalue weighted by atomic mass is 16.5. The van der Waals surface area contributed by atoms with Crippen molar-refractivity contribution in [1.82, 2.24) is 10.6 Å². The summed E-state index contributed by atoms with van der Waals surface area (Å²) >= 11 is 0. The number of methoxy groups -OCH3 is 1. The van der Waals surface area contributed by atoms with Crippen LogP contribution >= 0.6 is 0 Å². The number of carbonyl (C=O) groups is 3. The lowest BCUT2D eigenvalue weighted by Gasteiger charge is -2.12. The number of carbonyl (C=O) groups excluding carboxylic acids is 3. The molecule has 0 radical (unpaired) electrons. The van der Waals surface area contributed by atoms with Crippen LogP contribution in [0.25, 0.3) is 0 Å². The van der Waals surface area contributed by atoms with Gasteiger partial charge in [0.25, 0.3) is 0 Å². The van der Waals surface area contributed by atoms with Crippen molar-refractivity contribution in [3.8, 4) is 0 Å². The third-order valence-electron chi connectivity index (χ3n) is 2.93. The molecule has 2 N–H and O–H groups in total. The summed E-state index contributed by atoms with van der Waals surface area (Å²) in [4.78, 5) is 33.5. The fourth-order valence-electron chi connectivity index (χ4n) is 1.86. The van der Waals surface area contributed by atoms with E-state index >= 15 is 0 Å². The molecule has 20 heavy (non-hydrogen) atoms. The second-order valence-electron chi connectivity index (χ2n) is 5.08. The number of rotatable bonds is 9. The van der Waals surface area contributed by atoms with Gasteiger partial charge >= 0.3 is 5.97 Å². The van der Waals surface area contributed by atoms with E-state index in [-0.39, 0.29) is 30.2 Å². The summed E-state index contributed by atoms with van der Waals surface area (Å²) < 4.78 is 4.56. The van der Waals surface area contributed by atoms with Crippen LogP contribution in [0.2, 0.25) is 0 Å². The molecule has 0 bridgehead atoms. The summed E-state index contributed by atoms with van der Waals surface area (Å²) in [5, 5.41) is 5.58. The molecule has 2 unspecified atom stereocenters. The van der Waals surface area contributed by atoms with E-state index in [1.807, 2.05) is 6.92 Å². The van der Waals surface area contributed by atoms with Crippen molar-refractivity contribution in [3.63, 3.8) is 0 Å². The third-order valence-corrected chi connectivity index (χ3v) is 2.93. The van der Waals surface area contributed by atoms with Crippen molar-refractivity contribution in [2.45, 2.75) is 52.5 Å². The Morgan fingerprint density at radius 1 is 1.15 bits per heavy atom. The van der Waals surface area contributed by atoms with Gasteiger partial charge in [-0.3, -0.25) is 14.4 Å². The Kier molecular flexibility index (Phi) is 9.41. The minimum atomic E-state index is -0.417. The number of unbranched alkanes of at least 4 members (excludes halogenated alkanes) is 1. The summed E-state index contributed by atoms with van der Waals surface area (Å²) in [5.41, 5.74) is 0. The van der Waals surface area contributed by atoms with Gasteiger partial charge in [-0.25, -0.2) is 0 Å². The number of esters is 1. The smallest absolute Gasteiger partial charge is 0.308 e. The lowest BCUT2D eigenvalue weighted by atomic mass is 10.1. The standard InChI is InChI=1S/C14H26N2O4/c1-10(14(19)20-4)9-13(18)15-8-6-5-7-11(2)16-12(3)17/h10-11H,5-9H2,1-4H3,(H,15,18)(H,16,17). The van der Waals surface area contributed by atoms with Crippen LogP contribution in [0.5, 0.6) is 0 Å². The highest BCUT2D eigenvalue weighted by Crippen LogP contribution is 2.04. The predicted molar refractivity (Wildman–Crippen MR) is 75.9 cm³/mol. The molecule has 0 aromatic carbocycles. The molecule has 0 heterocycles. The summed E-state index contributed by atoms with van der Waals surface area (Å²) in [6.45, 7) is 5.71. The summed E-state index contributed by atoms with van der Waals surface area (Å²) in [6, 6.07) is 0.155. The molecule has 116 valence electrons. The summed E-state index contributed by atoms with van der Waals surface area (Å²) in [5.74, 6) is -0.954. The number of amides is 2. The Morgan fingerprint density at radius 3 is 2.35 bits per heavy atom. The van der Waals surface area contributed by atoms with Crippen LogP contribution in [-0.4, -0.2) is 37.5 Å². The highest BCUT2D eigenvalue weighted by molar-refractivity contribution is 5.82. The van der Waals surface area contributed by atoms with Crippen molar-refractivity contribution >= 4 is 17.8 Å². The molecule has 0 aliphatic carbocycles. The van der Waals surface area contributed by atoms with Crippen molar-refractivity contribution in [2.24, 2.45) is 5.92 Å². The van der Waals surface area contributed by atoms with Gasteiger partial charge in [-0.15, -0.1) is 0 Å². The van der Waals surface area contributed by atoms with Crippen LogP contribution in [-0.2, 0) is 19.1 Å². The number of hydrogen-bond acceptors (Lipinski definition) is 4. The first kappa shape index (κ1) is 18.4. The number of nitrogens with one attached hydrogen (secondary N) is 2. The molecule has 2 atom stereocenters. The predicted octanol–water partition coefficient (Wildman–Crippen LogP) is 0.997. The molecule has 6 heteroatoms. The average molecular weight is 286 g/mol. The van der Waals surface area contributed by atoms with Gasteiger partial charge in [-0.1, -0.05) is 6.92 Å². The van der Waals surface area contributed by atoms with E-state index in [9.17, 15) is 14.4 Å². The van der Waals surface area contributed by atoms with Crippen LogP contribution in [0, 0.1) is 5.92 Å². The minimum absolute atomic E-state index is 0.0254. The molecular formula is C14H26N2O4. The molecule has 0 saturated carbocycles. The fraction of sp³-hybridized carbons (Fsp3) is 0.786. The van der Waals surface area contributed by atoms with Crippen molar-refractivity contribution < 1.29 is 19.1 Å². The molecule has 0 fully saturated rings. The zero-order valence-corrected chi connectivity index (χ0v) is 12.8. The molecule has 0 aromatic heterocycles. The SMILES string of the molecule is COC(=O)C(C)CC(=O)NCCCCC(C)NC(C)=O. The van der Waals surface area contributed by atoms with Gasteiger partial charge in [0.2, 0.25) is 11.8 Å². The lowest BCUT2D eigenvalue weighted by molar-refractivity contribution is -0.146. The van der Waals surface area contributed by atoms with E-state index in [0.717, 1.165) is 19.3 Å². The van der Waals surface area contributed by atoms with Crippen LogP contribution in [0.4, 0.5) is 0 Å². The van der Waals surface area contributed by atoms with Gasteiger partial charge in [0.05, 0.1) is 13.0 Å². The maximum atomic E-state index is 11.5. The van der Waals surface area contributed by atoms with Crippen LogP contribution in [0.3, 0.4) is 0 Å². The topological polar surface area (TPSA) is 84.5 Å². The Labute approximate surface area is 120 Å². The van der Waals surface area contributed by atoms with Gasteiger partial charge in [0, 0.05) is 25.9 Å². The molecule has 0 spiro atoms. The quantitative estimate of drug-likeness (QED) is 0.489. The molecular weight excluding hydrogens is 260 g/mol. The van der Waals surface area contributed by atoms with Crippen molar-refractivity contribution in [2.75, 3.05) is 13.7 Å². The van der Waals surface area contributed by atoms with Gasteiger partial charge in [0.1, 0.15) is 0 Å². The Balaban J connectivity index is 3.62. The van der Waals surface area contributed by atoms with Crippen molar-refractivity contribution in [3.05, 3.63) is 0 Å². The highest BCUT2D eigenvalue weighted by Gasteiger charge is 2.16. The Bertz CT molecular complexity index is 331. The normalized spacial score (nSPS) is 13.2. The van der Waals surface area contributed by atoms with E-state index < -0.39 is 5.92 Å². The molecule has 6 nitrogen and oxygen atoms in total. The monoisotopic (exact) mass is 286 g/mol. The number of hydrogen-bond donors (Lipinski definition) is 2. The van der Waals surface area contributed by atoms with Crippen molar-refractivity contribution in [1.29, 1.82) is 0 Å².